The second kappa shape index (κ2) is 8.78. The maximum Gasteiger partial charge on any atom is 0.229 e. The van der Waals surface area contributed by atoms with Gasteiger partial charge < -0.3 is 15.0 Å². The number of nitrogens with zero attached hydrogens (tertiary/aromatic N) is 1. The normalized spacial score (nSPS) is 15.8. The lowest BCUT2D eigenvalue weighted by molar-refractivity contribution is -0.122. The van der Waals surface area contributed by atoms with Crippen LogP contribution in [0.1, 0.15) is 12.0 Å². The van der Waals surface area contributed by atoms with E-state index in [-0.39, 0.29) is 30.5 Å². The number of carbonyl (C=O) groups excluding carboxylic acids is 2. The SMILES string of the molecule is O=C(Nc1ccccc1F)[C@@H]1CC(=O)N(c2ccc(OCc3ccccc3)cc2)C1. The third kappa shape index (κ3) is 4.49. The van der Waals surface area contributed by atoms with E-state index in [0.717, 1.165) is 5.56 Å². The summed E-state index contributed by atoms with van der Waals surface area (Å²) in [5.74, 6) is -0.840. The highest BCUT2D eigenvalue weighted by molar-refractivity contribution is 6.03. The first kappa shape index (κ1) is 19.6. The van der Waals surface area contributed by atoms with Crippen LogP contribution in [0.2, 0.25) is 0 Å². The molecule has 1 fully saturated rings. The minimum absolute atomic E-state index is 0.0898. The molecule has 1 aliphatic heterocycles. The van der Waals surface area contributed by atoms with Gasteiger partial charge in [0, 0.05) is 18.7 Å². The van der Waals surface area contributed by atoms with Crippen LogP contribution in [0.25, 0.3) is 0 Å². The first-order chi connectivity index (χ1) is 14.6. The van der Waals surface area contributed by atoms with Gasteiger partial charge in [0.25, 0.3) is 0 Å². The van der Waals surface area contributed by atoms with E-state index < -0.39 is 11.7 Å². The van der Waals surface area contributed by atoms with Crippen LogP contribution in [0.15, 0.2) is 78.9 Å². The first-order valence-corrected chi connectivity index (χ1v) is 9.73. The van der Waals surface area contributed by atoms with Gasteiger partial charge in [0.1, 0.15) is 18.2 Å². The Morgan fingerprint density at radius 1 is 1.00 bits per heavy atom. The molecule has 0 radical (unpaired) electrons. The number of halogens is 1. The molecule has 1 N–H and O–H groups in total. The van der Waals surface area contributed by atoms with Crippen LogP contribution < -0.4 is 15.0 Å². The maximum atomic E-state index is 13.8. The molecule has 1 saturated heterocycles. The van der Waals surface area contributed by atoms with Crippen molar-refractivity contribution in [1.29, 1.82) is 0 Å². The summed E-state index contributed by atoms with van der Waals surface area (Å²) >= 11 is 0. The van der Waals surface area contributed by atoms with E-state index in [1.807, 2.05) is 30.3 Å². The molecule has 30 heavy (non-hydrogen) atoms. The number of anilines is 2. The molecule has 1 heterocycles. The average molecular weight is 404 g/mol. The third-order valence-corrected chi connectivity index (χ3v) is 5.02. The van der Waals surface area contributed by atoms with Gasteiger partial charge in [-0.1, -0.05) is 42.5 Å². The molecule has 4 rings (SSSR count). The zero-order chi connectivity index (χ0) is 20.9. The van der Waals surface area contributed by atoms with Gasteiger partial charge in [-0.3, -0.25) is 9.59 Å². The van der Waals surface area contributed by atoms with E-state index in [1.165, 1.54) is 12.1 Å². The van der Waals surface area contributed by atoms with Crippen molar-refractivity contribution in [3.63, 3.8) is 0 Å². The van der Waals surface area contributed by atoms with Crippen molar-refractivity contribution >= 4 is 23.2 Å². The zero-order valence-electron chi connectivity index (χ0n) is 16.3. The molecule has 0 spiro atoms. The summed E-state index contributed by atoms with van der Waals surface area (Å²) in [6, 6.07) is 23.0. The summed E-state index contributed by atoms with van der Waals surface area (Å²) < 4.78 is 19.5. The molecule has 0 saturated carbocycles. The number of carbonyl (C=O) groups is 2. The van der Waals surface area contributed by atoms with E-state index in [9.17, 15) is 14.0 Å². The van der Waals surface area contributed by atoms with Crippen molar-refractivity contribution in [2.45, 2.75) is 13.0 Å². The number of hydrogen-bond donors (Lipinski definition) is 1. The highest BCUT2D eigenvalue weighted by Gasteiger charge is 2.35. The average Bonchev–Trinajstić information content (AvgIpc) is 3.17. The van der Waals surface area contributed by atoms with Gasteiger partial charge >= 0.3 is 0 Å². The molecular weight excluding hydrogens is 383 g/mol. The maximum absolute atomic E-state index is 13.8. The number of para-hydroxylation sites is 1. The number of hydrogen-bond acceptors (Lipinski definition) is 3. The van der Waals surface area contributed by atoms with Crippen LogP contribution in [0.5, 0.6) is 5.75 Å². The van der Waals surface area contributed by atoms with E-state index in [2.05, 4.69) is 5.32 Å². The van der Waals surface area contributed by atoms with Crippen molar-refractivity contribution in [3.8, 4) is 5.75 Å². The lowest BCUT2D eigenvalue weighted by Crippen LogP contribution is -2.28. The Balaban J connectivity index is 1.36. The summed E-state index contributed by atoms with van der Waals surface area (Å²) in [4.78, 5) is 26.5. The lowest BCUT2D eigenvalue weighted by Gasteiger charge is -2.17. The first-order valence-electron chi connectivity index (χ1n) is 9.73. The minimum Gasteiger partial charge on any atom is -0.489 e. The smallest absolute Gasteiger partial charge is 0.229 e. The van der Waals surface area contributed by atoms with Crippen molar-refractivity contribution in [2.24, 2.45) is 5.92 Å². The summed E-state index contributed by atoms with van der Waals surface area (Å²) in [6.07, 6.45) is 0.0898. The minimum atomic E-state index is -0.536. The quantitative estimate of drug-likeness (QED) is 0.663. The van der Waals surface area contributed by atoms with Crippen LogP contribution in [-0.4, -0.2) is 18.4 Å². The molecule has 6 heteroatoms. The highest BCUT2D eigenvalue weighted by atomic mass is 19.1. The summed E-state index contributed by atoms with van der Waals surface area (Å²) in [7, 11) is 0. The molecule has 0 aromatic heterocycles. The van der Waals surface area contributed by atoms with Crippen LogP contribution in [0.3, 0.4) is 0 Å². The Morgan fingerprint density at radius 2 is 1.70 bits per heavy atom. The molecule has 1 aliphatic rings. The molecule has 3 aromatic carbocycles. The Morgan fingerprint density at radius 3 is 2.43 bits per heavy atom. The van der Waals surface area contributed by atoms with E-state index in [4.69, 9.17) is 4.74 Å². The van der Waals surface area contributed by atoms with Gasteiger partial charge in [-0.25, -0.2) is 4.39 Å². The topological polar surface area (TPSA) is 58.6 Å². The second-order valence-corrected chi connectivity index (χ2v) is 7.14. The predicted molar refractivity (Wildman–Crippen MR) is 113 cm³/mol. The standard InChI is InChI=1S/C24H21FN2O3/c25-21-8-4-5-9-22(21)26-24(29)18-14-23(28)27(15-18)19-10-12-20(13-11-19)30-16-17-6-2-1-3-7-17/h1-13,18H,14-16H2,(H,26,29)/t18-/m1/s1. The van der Waals surface area contributed by atoms with Gasteiger partial charge in [-0.05, 0) is 42.0 Å². The van der Waals surface area contributed by atoms with Crippen molar-refractivity contribution in [3.05, 3.63) is 90.2 Å². The fourth-order valence-electron chi connectivity index (χ4n) is 3.39. The largest absolute Gasteiger partial charge is 0.489 e. The second-order valence-electron chi connectivity index (χ2n) is 7.14. The molecule has 5 nitrogen and oxygen atoms in total. The van der Waals surface area contributed by atoms with E-state index in [1.54, 1.807) is 41.3 Å². The van der Waals surface area contributed by atoms with Gasteiger partial charge in [0.05, 0.1) is 11.6 Å². The van der Waals surface area contributed by atoms with Gasteiger partial charge in [-0.15, -0.1) is 0 Å². The molecule has 3 aromatic rings. The Hall–Kier alpha value is -3.67. The fraction of sp³-hybridized carbons (Fsp3) is 0.167. The summed E-state index contributed by atoms with van der Waals surface area (Å²) in [6.45, 7) is 0.713. The Bertz CT molecular complexity index is 1040. The molecule has 0 aliphatic carbocycles. The van der Waals surface area contributed by atoms with Crippen LogP contribution in [0, 0.1) is 11.7 Å². The number of ether oxygens (including phenoxy) is 1. The molecular formula is C24H21FN2O3. The highest BCUT2D eigenvalue weighted by Crippen LogP contribution is 2.28. The van der Waals surface area contributed by atoms with E-state index >= 15 is 0 Å². The summed E-state index contributed by atoms with van der Waals surface area (Å²) in [5, 5.41) is 2.57. The zero-order valence-corrected chi connectivity index (χ0v) is 16.3. The molecule has 0 unspecified atom stereocenters. The molecule has 1 atom stereocenters. The third-order valence-electron chi connectivity index (χ3n) is 5.02. The van der Waals surface area contributed by atoms with Gasteiger partial charge in [-0.2, -0.15) is 0 Å². The molecule has 2 amide bonds. The molecule has 0 bridgehead atoms. The van der Waals surface area contributed by atoms with E-state index in [0.29, 0.717) is 18.0 Å². The van der Waals surface area contributed by atoms with Crippen LogP contribution in [0.4, 0.5) is 15.8 Å². The van der Waals surface area contributed by atoms with Gasteiger partial charge in [0.15, 0.2) is 0 Å². The van der Waals surface area contributed by atoms with Crippen LogP contribution in [-0.2, 0) is 16.2 Å². The fourth-order valence-corrected chi connectivity index (χ4v) is 3.39. The number of nitrogens with one attached hydrogen (secondary N) is 1. The Kier molecular flexibility index (Phi) is 5.75. The predicted octanol–water partition coefficient (Wildman–Crippen LogP) is 4.40. The summed E-state index contributed by atoms with van der Waals surface area (Å²) in [5.41, 5.74) is 1.89. The number of amides is 2. The number of benzene rings is 3. The molecule has 152 valence electrons. The van der Waals surface area contributed by atoms with Crippen molar-refractivity contribution < 1.29 is 18.7 Å². The van der Waals surface area contributed by atoms with Crippen molar-refractivity contribution in [2.75, 3.05) is 16.8 Å². The number of rotatable bonds is 6. The lowest BCUT2D eigenvalue weighted by atomic mass is 10.1. The van der Waals surface area contributed by atoms with Gasteiger partial charge in [0.2, 0.25) is 11.8 Å². The Labute approximate surface area is 174 Å². The monoisotopic (exact) mass is 404 g/mol. The van der Waals surface area contributed by atoms with Crippen LogP contribution >= 0.6 is 0 Å². The van der Waals surface area contributed by atoms with Crippen molar-refractivity contribution in [1.82, 2.24) is 0 Å².